The first-order valence-corrected chi connectivity index (χ1v) is 12.2. The average Bonchev–Trinajstić information content (AvgIpc) is 3.37. The number of alkyl halides is 3. The number of fused-ring (bicyclic) bond motifs is 2. The van der Waals surface area contributed by atoms with Gasteiger partial charge in [0.05, 0.1) is 17.1 Å². The van der Waals surface area contributed by atoms with E-state index in [-0.39, 0.29) is 0 Å². The molecule has 32 heavy (non-hydrogen) atoms. The molecule has 0 fully saturated rings. The fourth-order valence-electron chi connectivity index (χ4n) is 3.54. The number of anilines is 1. The number of rotatable bonds is 2. The summed E-state index contributed by atoms with van der Waals surface area (Å²) in [5, 5.41) is 12.9. The van der Waals surface area contributed by atoms with Gasteiger partial charge in [-0.05, 0) is 61.1 Å². The van der Waals surface area contributed by atoms with Crippen LogP contribution in [-0.4, -0.2) is 21.9 Å². The number of aryl methyl sites for hydroxylation is 1. The van der Waals surface area contributed by atoms with Crippen LogP contribution >= 0.6 is 47.8 Å². The van der Waals surface area contributed by atoms with Crippen molar-refractivity contribution in [1.82, 2.24) is 19.8 Å². The zero-order chi connectivity index (χ0) is 22.3. The summed E-state index contributed by atoms with van der Waals surface area (Å²) in [6.45, 7) is 2.01. The zero-order valence-corrected chi connectivity index (χ0v) is 21.6. The number of aromatic nitrogens is 4. The molecule has 6 nitrogen and oxygen atoms in total. The summed E-state index contributed by atoms with van der Waals surface area (Å²) in [5.74, 6) is 7.07. The largest absolute Gasteiger partial charge is 0.353 e. The topological polar surface area (TPSA) is 68.2 Å². The molecule has 0 unspecified atom stereocenters. The van der Waals surface area contributed by atoms with Crippen LogP contribution in [0.25, 0.3) is 16.6 Å². The number of imidazole rings is 1. The molecule has 160 valence electrons. The van der Waals surface area contributed by atoms with Crippen LogP contribution in [0.15, 0.2) is 64.6 Å². The van der Waals surface area contributed by atoms with Crippen molar-refractivity contribution in [3.63, 3.8) is 0 Å². The number of hydrogen-bond acceptors (Lipinski definition) is 5. The van der Waals surface area contributed by atoms with E-state index in [9.17, 15) is 0 Å². The van der Waals surface area contributed by atoms with Crippen molar-refractivity contribution in [2.75, 3.05) is 5.32 Å². The summed E-state index contributed by atoms with van der Waals surface area (Å²) in [7, 11) is 0. The molecule has 0 spiro atoms. The molecule has 1 aliphatic rings. The van der Waals surface area contributed by atoms with Gasteiger partial charge in [0.25, 0.3) is 0 Å². The lowest BCUT2D eigenvalue weighted by Crippen LogP contribution is -2.10. The van der Waals surface area contributed by atoms with E-state index >= 15 is 0 Å². The maximum atomic E-state index is 5.73. The van der Waals surface area contributed by atoms with Gasteiger partial charge in [-0.3, -0.25) is 0 Å². The van der Waals surface area contributed by atoms with Crippen LogP contribution in [0.1, 0.15) is 29.7 Å². The summed E-state index contributed by atoms with van der Waals surface area (Å²) >= 11 is 10.8. The maximum Gasteiger partial charge on any atom is 0.184 e. The van der Waals surface area contributed by atoms with E-state index in [1.165, 1.54) is 5.57 Å². The number of hydrogen-bond donors (Lipinski definition) is 1. The van der Waals surface area contributed by atoms with Crippen LogP contribution in [0, 0.1) is 18.8 Å². The van der Waals surface area contributed by atoms with Gasteiger partial charge in [0.2, 0.25) is 0 Å². The van der Waals surface area contributed by atoms with Crippen molar-refractivity contribution in [1.29, 1.82) is 0 Å². The van der Waals surface area contributed by atoms with Crippen LogP contribution in [0.5, 0.6) is 0 Å². The van der Waals surface area contributed by atoms with Crippen LogP contribution in [0.4, 0.5) is 5.82 Å². The second-order valence-electron chi connectivity index (χ2n) is 7.34. The van der Waals surface area contributed by atoms with Gasteiger partial charge in [0.15, 0.2) is 19.2 Å². The lowest BCUT2D eigenvalue weighted by molar-refractivity contribution is 0.459. The zero-order valence-electron chi connectivity index (χ0n) is 16.9. The molecule has 1 aromatic carbocycles. The van der Waals surface area contributed by atoms with Crippen molar-refractivity contribution in [3.05, 3.63) is 76.9 Å². The van der Waals surface area contributed by atoms with Crippen molar-refractivity contribution in [3.8, 4) is 11.8 Å². The molecule has 0 saturated carbocycles. The van der Waals surface area contributed by atoms with Crippen molar-refractivity contribution in [2.24, 2.45) is 0 Å². The van der Waals surface area contributed by atoms with Gasteiger partial charge >= 0.3 is 0 Å². The van der Waals surface area contributed by atoms with E-state index in [0.717, 1.165) is 40.7 Å². The summed E-state index contributed by atoms with van der Waals surface area (Å²) in [4.78, 5) is 4.34. The lowest BCUT2D eigenvalue weighted by Gasteiger charge is -2.21. The smallest absolute Gasteiger partial charge is 0.184 e. The van der Waals surface area contributed by atoms with Crippen molar-refractivity contribution >= 4 is 70.2 Å². The Morgan fingerprint density at radius 3 is 2.91 bits per heavy atom. The Kier molecular flexibility index (Phi) is 5.70. The number of benzene rings is 1. The van der Waals surface area contributed by atoms with E-state index in [1.807, 2.05) is 31.2 Å². The van der Waals surface area contributed by atoms with E-state index < -0.39 is 2.14 Å². The molecular formula is C23H16Br3N5O. The first kappa shape index (κ1) is 21.4. The third-order valence-corrected chi connectivity index (χ3v) is 6.71. The number of nitrogens with one attached hydrogen (secondary N) is 1. The second-order valence-corrected chi connectivity index (χ2v) is 14.1. The molecule has 0 aliphatic heterocycles. The predicted octanol–water partition coefficient (Wildman–Crippen LogP) is 6.43. The Labute approximate surface area is 209 Å². The minimum Gasteiger partial charge on any atom is -0.353 e. The molecule has 3 aromatic heterocycles. The fraction of sp³-hybridized carbons (Fsp3) is 0.174. The minimum atomic E-state index is -0.410. The van der Waals surface area contributed by atoms with E-state index in [0.29, 0.717) is 17.1 Å². The predicted molar refractivity (Wildman–Crippen MR) is 136 cm³/mol. The van der Waals surface area contributed by atoms with Gasteiger partial charge in [-0.15, -0.1) is 0 Å². The molecule has 0 atom stereocenters. The third-order valence-electron chi connectivity index (χ3n) is 5.18. The van der Waals surface area contributed by atoms with Gasteiger partial charge in [-0.25, -0.2) is 9.50 Å². The molecule has 9 heteroatoms. The lowest BCUT2D eigenvalue weighted by atomic mass is 10.0. The highest BCUT2D eigenvalue weighted by molar-refractivity contribution is 9.39. The Balaban J connectivity index is 1.50. The molecule has 5 rings (SSSR count). The second kappa shape index (κ2) is 8.50. The highest BCUT2D eigenvalue weighted by Gasteiger charge is 2.25. The van der Waals surface area contributed by atoms with Crippen LogP contribution in [0.2, 0.25) is 0 Å². The van der Waals surface area contributed by atoms with Crippen molar-refractivity contribution in [2.45, 2.75) is 21.9 Å². The Bertz CT molecular complexity index is 1460. The molecule has 0 saturated heterocycles. The monoisotopic (exact) mass is 615 g/mol. The van der Waals surface area contributed by atoms with Gasteiger partial charge < -0.3 is 9.84 Å². The molecule has 1 N–H and O–H groups in total. The molecule has 0 amide bonds. The van der Waals surface area contributed by atoms with Gasteiger partial charge in [-0.1, -0.05) is 71.0 Å². The highest BCUT2D eigenvalue weighted by atomic mass is 80.0. The van der Waals surface area contributed by atoms with E-state index in [4.69, 9.17) is 4.52 Å². The normalized spacial score (nSPS) is 14.1. The van der Waals surface area contributed by atoms with E-state index in [1.54, 1.807) is 16.9 Å². The van der Waals surface area contributed by atoms with Gasteiger partial charge in [-0.2, -0.15) is 5.10 Å². The van der Waals surface area contributed by atoms with Gasteiger partial charge in [0, 0.05) is 11.9 Å². The number of allylic oxidation sites excluding steroid dienone is 3. The van der Waals surface area contributed by atoms with E-state index in [2.05, 4.69) is 92.3 Å². The van der Waals surface area contributed by atoms with Gasteiger partial charge in [0.1, 0.15) is 5.69 Å². The molecule has 1 aliphatic carbocycles. The first-order chi connectivity index (χ1) is 15.4. The Morgan fingerprint density at radius 1 is 1.19 bits per heavy atom. The van der Waals surface area contributed by atoms with Crippen LogP contribution in [0.3, 0.4) is 0 Å². The van der Waals surface area contributed by atoms with Crippen LogP contribution in [-0.2, 0) is 0 Å². The number of halogens is 3. The number of nitrogens with zero attached hydrogens (tertiary/aromatic N) is 4. The summed E-state index contributed by atoms with van der Waals surface area (Å²) < 4.78 is 7.03. The Hall–Kier alpha value is -2.41. The minimum absolute atomic E-state index is 0.410. The summed E-state index contributed by atoms with van der Waals surface area (Å²) in [6.07, 6.45) is 9.55. The fourth-order valence-corrected chi connectivity index (χ4v) is 4.48. The first-order valence-electron chi connectivity index (χ1n) is 9.85. The molecule has 0 radical (unpaired) electrons. The molecule has 3 heterocycles. The maximum absolute atomic E-state index is 5.73. The third kappa shape index (κ3) is 4.15. The van der Waals surface area contributed by atoms with Crippen LogP contribution < -0.4 is 5.32 Å². The highest BCUT2D eigenvalue weighted by Crippen LogP contribution is 2.44. The standard InChI is InChI=1S/C23H16Br3N5O/c1-14-7-9-19-21(18(14)10-8-17-13-27-20-6-3-11-28-31(17)20)32-30-22(19)29-16-5-2-4-15(12-16)23(24,25)26/h3,5-7,9,11-13H,2,4H2,1H3,(H,29,30). The van der Waals surface area contributed by atoms with Crippen molar-refractivity contribution < 1.29 is 4.52 Å². The summed E-state index contributed by atoms with van der Waals surface area (Å²) in [5.41, 5.74) is 6.07. The Morgan fingerprint density at radius 2 is 2.06 bits per heavy atom. The molecular weight excluding hydrogens is 602 g/mol. The SMILES string of the molecule is Cc1ccc2c(NC3=CCCC(C(Br)(Br)Br)=C3)noc2c1C#Cc1cnc2cccnn12. The average molecular weight is 618 g/mol. The quantitative estimate of drug-likeness (QED) is 0.207. The summed E-state index contributed by atoms with van der Waals surface area (Å²) in [6, 6.07) is 7.77. The molecule has 0 bridgehead atoms. The molecule has 4 aromatic rings.